The lowest BCUT2D eigenvalue weighted by molar-refractivity contribution is -0.870. The summed E-state index contributed by atoms with van der Waals surface area (Å²) in [7, 11) is 1.46. The number of amides is 1. The fourth-order valence-electron chi connectivity index (χ4n) is 9.35. The Labute approximate surface area is 500 Å². The number of rotatable bonds is 60. The number of phosphoric ester groups is 1. The first-order valence-electron chi connectivity index (χ1n) is 33.6. The lowest BCUT2D eigenvalue weighted by Gasteiger charge is -2.27. The second-order valence-electron chi connectivity index (χ2n) is 23.6. The Balaban J connectivity index is 5.18. The van der Waals surface area contributed by atoms with Crippen LogP contribution in [0.1, 0.15) is 290 Å². The van der Waals surface area contributed by atoms with E-state index < -0.39 is 20.0 Å². The van der Waals surface area contributed by atoms with E-state index in [0.29, 0.717) is 17.4 Å². The van der Waals surface area contributed by atoms with E-state index in [4.69, 9.17) is 13.8 Å². The number of carbonyl (C=O) groups is 2. The maximum absolute atomic E-state index is 13.6. The number of nitrogens with zero attached hydrogens (tertiary/aromatic N) is 1. The third kappa shape index (κ3) is 61.3. The van der Waals surface area contributed by atoms with Gasteiger partial charge in [0, 0.05) is 12.8 Å². The molecular weight excluding hydrogens is 1020 g/mol. The standard InChI is InChI=1S/C71H127N2O7P/c1-7-10-13-16-19-22-25-27-29-31-33-35-36-38-40-42-44-46-49-52-55-58-61-64-71(75)80-69(62-59-56-53-50-47-24-21-18-15-12-9-3)68(67-79-81(76,77)78-66-65-73(4,5)6)72-70(74)63-60-57-54-51-48-45-43-41-39-37-34-32-30-28-26-23-20-17-14-11-8-2/h11,14,20,23,27-30,34,37,41,43,48,51,59,62,68-69H,7-10,12-13,15-19,21-22,24-26,31-33,35-36,38-40,42,44-47,49-50,52-58,60-61,63-67H2,1-6H3,(H-,72,74,76,77)/p+1/b14-11-,23-20-,29-27+,30-28-,37-34-,43-41-,51-48-,62-59+. The molecule has 0 spiro atoms. The zero-order chi connectivity index (χ0) is 59.3. The summed E-state index contributed by atoms with van der Waals surface area (Å²) in [4.78, 5) is 37.8. The van der Waals surface area contributed by atoms with Gasteiger partial charge in [-0.1, -0.05) is 266 Å². The van der Waals surface area contributed by atoms with Crippen LogP contribution in [0.5, 0.6) is 0 Å². The molecule has 0 saturated heterocycles. The van der Waals surface area contributed by atoms with Crippen LogP contribution in [-0.2, 0) is 27.9 Å². The van der Waals surface area contributed by atoms with Crippen LogP contribution >= 0.6 is 7.82 Å². The Morgan fingerprint density at radius 2 is 0.790 bits per heavy atom. The van der Waals surface area contributed by atoms with Gasteiger partial charge in [0.2, 0.25) is 5.91 Å². The Bertz CT molecular complexity index is 1710. The zero-order valence-corrected chi connectivity index (χ0v) is 54.4. The minimum absolute atomic E-state index is 0.0279. The average Bonchev–Trinajstić information content (AvgIpc) is 3.44. The number of carbonyl (C=O) groups excluding carboxylic acids is 2. The summed E-state index contributed by atoms with van der Waals surface area (Å²) >= 11 is 0. The topological polar surface area (TPSA) is 111 Å². The van der Waals surface area contributed by atoms with Crippen molar-refractivity contribution in [2.24, 2.45) is 0 Å². The molecule has 0 aliphatic rings. The summed E-state index contributed by atoms with van der Waals surface area (Å²) < 4.78 is 30.7. The van der Waals surface area contributed by atoms with Crippen molar-refractivity contribution in [3.8, 4) is 0 Å². The molecule has 3 unspecified atom stereocenters. The van der Waals surface area contributed by atoms with E-state index in [1.165, 1.54) is 161 Å². The van der Waals surface area contributed by atoms with Crippen LogP contribution in [0.15, 0.2) is 97.2 Å². The lowest BCUT2D eigenvalue weighted by atomic mass is 10.0. The molecule has 2 N–H and O–H groups in total. The molecule has 1 amide bonds. The molecule has 0 aromatic carbocycles. The molecule has 0 bridgehead atoms. The Kier molecular flexibility index (Phi) is 57.8. The molecular formula is C71H128N2O7P+. The lowest BCUT2D eigenvalue weighted by Crippen LogP contribution is -2.47. The molecule has 0 heterocycles. The highest BCUT2D eigenvalue weighted by molar-refractivity contribution is 7.47. The fourth-order valence-corrected chi connectivity index (χ4v) is 10.1. The van der Waals surface area contributed by atoms with E-state index in [-0.39, 0.29) is 37.9 Å². The molecule has 9 nitrogen and oxygen atoms in total. The summed E-state index contributed by atoms with van der Waals surface area (Å²) in [6.07, 6.45) is 81.4. The fraction of sp³-hybridized carbons (Fsp3) is 0.746. The molecule has 468 valence electrons. The van der Waals surface area contributed by atoms with Gasteiger partial charge >= 0.3 is 13.8 Å². The van der Waals surface area contributed by atoms with E-state index in [9.17, 15) is 19.0 Å². The highest BCUT2D eigenvalue weighted by atomic mass is 31.2. The van der Waals surface area contributed by atoms with E-state index in [0.717, 1.165) is 89.9 Å². The first-order valence-corrected chi connectivity index (χ1v) is 35.1. The number of hydrogen-bond donors (Lipinski definition) is 2. The van der Waals surface area contributed by atoms with Crippen LogP contribution < -0.4 is 5.32 Å². The summed E-state index contributed by atoms with van der Waals surface area (Å²) in [6.45, 7) is 6.87. The van der Waals surface area contributed by atoms with Crippen molar-refractivity contribution < 1.29 is 37.3 Å². The number of unbranched alkanes of at least 4 members (excludes halogenated alkanes) is 30. The van der Waals surface area contributed by atoms with Crippen molar-refractivity contribution in [1.82, 2.24) is 5.32 Å². The summed E-state index contributed by atoms with van der Waals surface area (Å²) in [5.74, 6) is -0.555. The van der Waals surface area contributed by atoms with Gasteiger partial charge in [-0.25, -0.2) is 4.57 Å². The second kappa shape index (κ2) is 60.1. The quantitative estimate of drug-likeness (QED) is 0.0205. The smallest absolute Gasteiger partial charge is 0.456 e. The van der Waals surface area contributed by atoms with Gasteiger partial charge in [-0.3, -0.25) is 18.6 Å². The predicted octanol–water partition coefficient (Wildman–Crippen LogP) is 21.1. The molecule has 3 atom stereocenters. The minimum Gasteiger partial charge on any atom is -0.456 e. The molecule has 0 fully saturated rings. The highest BCUT2D eigenvalue weighted by Crippen LogP contribution is 2.43. The molecule has 0 rings (SSSR count). The molecule has 0 radical (unpaired) electrons. The number of esters is 1. The van der Waals surface area contributed by atoms with E-state index in [1.54, 1.807) is 0 Å². The first-order chi connectivity index (χ1) is 39.4. The molecule has 10 heteroatoms. The Hall–Kier alpha value is -3.07. The number of allylic oxidation sites excluding steroid dienone is 15. The van der Waals surface area contributed by atoms with Gasteiger partial charge in [-0.2, -0.15) is 0 Å². The van der Waals surface area contributed by atoms with Gasteiger partial charge in [0.05, 0.1) is 33.8 Å². The van der Waals surface area contributed by atoms with Crippen LogP contribution in [-0.4, -0.2) is 74.3 Å². The SMILES string of the molecule is CC/C=C\C/C=C\C/C=C\C/C=C\C/C=C\C/C=C\CCCCC(=O)NC(COP(=O)(O)OCC[N+](C)(C)C)C(/C=C/CCCCCCCCCCC)OC(=O)CCCCCCCCCCCCCCC/C=C/CCCCCCCC. The number of phosphoric acid groups is 1. The molecule has 0 aromatic rings. The van der Waals surface area contributed by atoms with Crippen molar-refractivity contribution >= 4 is 19.7 Å². The number of nitrogens with one attached hydrogen (secondary N) is 1. The third-order valence-corrected chi connectivity index (χ3v) is 15.5. The molecule has 0 aliphatic carbocycles. The Morgan fingerprint density at radius 3 is 1.21 bits per heavy atom. The van der Waals surface area contributed by atoms with Gasteiger partial charge in [-0.05, 0) is 109 Å². The van der Waals surface area contributed by atoms with E-state index in [2.05, 4.69) is 111 Å². The van der Waals surface area contributed by atoms with E-state index >= 15 is 0 Å². The van der Waals surface area contributed by atoms with Crippen molar-refractivity contribution in [1.29, 1.82) is 0 Å². The Morgan fingerprint density at radius 1 is 0.444 bits per heavy atom. The molecule has 0 aromatic heterocycles. The van der Waals surface area contributed by atoms with Crippen LogP contribution in [0.2, 0.25) is 0 Å². The summed E-state index contributed by atoms with van der Waals surface area (Å²) in [6, 6.07) is -0.876. The average molecular weight is 1150 g/mol. The minimum atomic E-state index is -4.47. The van der Waals surface area contributed by atoms with Crippen molar-refractivity contribution in [3.63, 3.8) is 0 Å². The predicted molar refractivity (Wildman–Crippen MR) is 350 cm³/mol. The number of likely N-dealkylation sites (N-methyl/N-ethyl adjacent to an activating group) is 1. The second-order valence-corrected chi connectivity index (χ2v) is 25.1. The maximum Gasteiger partial charge on any atom is 0.472 e. The monoisotopic (exact) mass is 1150 g/mol. The maximum atomic E-state index is 13.6. The third-order valence-electron chi connectivity index (χ3n) is 14.5. The van der Waals surface area contributed by atoms with Gasteiger partial charge in [0.15, 0.2) is 0 Å². The van der Waals surface area contributed by atoms with Crippen molar-refractivity contribution in [2.75, 3.05) is 40.9 Å². The van der Waals surface area contributed by atoms with Crippen LogP contribution in [0.3, 0.4) is 0 Å². The molecule has 0 saturated carbocycles. The molecule has 81 heavy (non-hydrogen) atoms. The van der Waals surface area contributed by atoms with Crippen LogP contribution in [0.25, 0.3) is 0 Å². The van der Waals surface area contributed by atoms with Crippen LogP contribution in [0, 0.1) is 0 Å². The van der Waals surface area contributed by atoms with Crippen molar-refractivity contribution in [2.45, 2.75) is 303 Å². The van der Waals surface area contributed by atoms with Crippen LogP contribution in [0.4, 0.5) is 0 Å². The van der Waals surface area contributed by atoms with Gasteiger partial charge in [-0.15, -0.1) is 0 Å². The summed E-state index contributed by atoms with van der Waals surface area (Å²) in [5, 5.41) is 3.04. The van der Waals surface area contributed by atoms with Gasteiger partial charge in [0.1, 0.15) is 19.3 Å². The normalized spacial score (nSPS) is 14.2. The van der Waals surface area contributed by atoms with Crippen molar-refractivity contribution in [3.05, 3.63) is 97.2 Å². The highest BCUT2D eigenvalue weighted by Gasteiger charge is 2.30. The zero-order valence-electron chi connectivity index (χ0n) is 53.5. The molecule has 0 aliphatic heterocycles. The summed E-state index contributed by atoms with van der Waals surface area (Å²) in [5.41, 5.74) is 0. The largest absolute Gasteiger partial charge is 0.472 e. The van der Waals surface area contributed by atoms with Gasteiger partial charge in [0.25, 0.3) is 0 Å². The number of ether oxygens (including phenoxy) is 1. The number of quaternary nitrogens is 1. The number of hydrogen-bond acceptors (Lipinski definition) is 6. The van der Waals surface area contributed by atoms with E-state index in [1.807, 2.05) is 33.3 Å². The van der Waals surface area contributed by atoms with Gasteiger partial charge < -0.3 is 19.4 Å². The first kappa shape index (κ1) is 77.9.